The van der Waals surface area contributed by atoms with Crippen LogP contribution in [0.15, 0.2) is 12.5 Å². The zero-order valence-corrected chi connectivity index (χ0v) is 12.2. The fourth-order valence-corrected chi connectivity index (χ4v) is 2.22. The number of hydrogen-bond donors (Lipinski definition) is 1. The molecule has 0 fully saturated rings. The van der Waals surface area contributed by atoms with Gasteiger partial charge in [-0.1, -0.05) is 20.3 Å². The van der Waals surface area contributed by atoms with Gasteiger partial charge in [0.1, 0.15) is 6.33 Å². The summed E-state index contributed by atoms with van der Waals surface area (Å²) >= 11 is 2.31. The zero-order valence-electron chi connectivity index (χ0n) is 10.0. The molecule has 1 atom stereocenters. The molecule has 0 spiro atoms. The maximum absolute atomic E-state index is 4.35. The average Bonchev–Trinajstić information content (AvgIpc) is 2.29. The topological polar surface area (TPSA) is 37.8 Å². The van der Waals surface area contributed by atoms with E-state index in [-0.39, 0.29) is 0 Å². The molecule has 0 radical (unpaired) electrons. The second kappa shape index (κ2) is 7.95. The van der Waals surface area contributed by atoms with Crippen LogP contribution in [-0.2, 0) is 6.42 Å². The van der Waals surface area contributed by atoms with Gasteiger partial charge in [-0.25, -0.2) is 9.97 Å². The van der Waals surface area contributed by atoms with Gasteiger partial charge in [-0.3, -0.25) is 0 Å². The van der Waals surface area contributed by atoms with Crippen molar-refractivity contribution < 1.29 is 0 Å². The van der Waals surface area contributed by atoms with Crippen molar-refractivity contribution in [2.75, 3.05) is 6.54 Å². The van der Waals surface area contributed by atoms with Crippen molar-refractivity contribution in [3.05, 3.63) is 21.8 Å². The molecule has 1 heterocycles. The SMILES string of the molecule is CCCNC(CCC)Cc1ncncc1I. The summed E-state index contributed by atoms with van der Waals surface area (Å²) < 4.78 is 1.17. The van der Waals surface area contributed by atoms with Crippen LogP contribution >= 0.6 is 22.6 Å². The number of rotatable bonds is 7. The van der Waals surface area contributed by atoms with E-state index in [0.717, 1.165) is 18.7 Å². The minimum atomic E-state index is 0.549. The summed E-state index contributed by atoms with van der Waals surface area (Å²) in [6.07, 6.45) is 8.13. The highest BCUT2D eigenvalue weighted by atomic mass is 127. The van der Waals surface area contributed by atoms with Gasteiger partial charge in [0, 0.05) is 18.7 Å². The standard InChI is InChI=1S/C12H20IN3/c1-3-5-10(15-6-4-2)7-12-11(13)8-14-9-16-12/h8-10,15H,3-7H2,1-2H3. The number of aromatic nitrogens is 2. The maximum Gasteiger partial charge on any atom is 0.115 e. The Labute approximate surface area is 112 Å². The van der Waals surface area contributed by atoms with E-state index in [0.29, 0.717) is 6.04 Å². The third-order valence-electron chi connectivity index (χ3n) is 2.50. The first-order valence-electron chi connectivity index (χ1n) is 5.95. The molecule has 0 amide bonds. The highest BCUT2D eigenvalue weighted by Crippen LogP contribution is 2.11. The molecular weight excluding hydrogens is 313 g/mol. The minimum Gasteiger partial charge on any atom is -0.314 e. The van der Waals surface area contributed by atoms with E-state index >= 15 is 0 Å². The molecule has 0 aliphatic carbocycles. The Balaban J connectivity index is 2.56. The van der Waals surface area contributed by atoms with Crippen LogP contribution in [0.25, 0.3) is 0 Å². The second-order valence-electron chi connectivity index (χ2n) is 3.96. The lowest BCUT2D eigenvalue weighted by atomic mass is 10.1. The highest BCUT2D eigenvalue weighted by molar-refractivity contribution is 14.1. The molecule has 0 aliphatic heterocycles. The molecule has 0 aromatic carbocycles. The number of nitrogens with one attached hydrogen (secondary N) is 1. The van der Waals surface area contributed by atoms with E-state index in [1.54, 1.807) is 6.33 Å². The van der Waals surface area contributed by atoms with Gasteiger partial charge in [0.25, 0.3) is 0 Å². The Hall–Kier alpha value is -0.230. The summed E-state index contributed by atoms with van der Waals surface area (Å²) in [6, 6.07) is 0.549. The van der Waals surface area contributed by atoms with Gasteiger partial charge in [-0.15, -0.1) is 0 Å². The van der Waals surface area contributed by atoms with Gasteiger partial charge in [0.2, 0.25) is 0 Å². The normalized spacial score (nSPS) is 12.7. The lowest BCUT2D eigenvalue weighted by molar-refractivity contribution is 0.468. The monoisotopic (exact) mass is 333 g/mol. The Morgan fingerprint density at radius 3 is 2.81 bits per heavy atom. The van der Waals surface area contributed by atoms with Crippen LogP contribution in [0.4, 0.5) is 0 Å². The predicted octanol–water partition coefficient (Wildman–Crippen LogP) is 2.79. The summed E-state index contributed by atoms with van der Waals surface area (Å²) in [5.41, 5.74) is 1.16. The quantitative estimate of drug-likeness (QED) is 0.780. The number of hydrogen-bond acceptors (Lipinski definition) is 3. The summed E-state index contributed by atoms with van der Waals surface area (Å²) in [6.45, 7) is 5.52. The lowest BCUT2D eigenvalue weighted by Crippen LogP contribution is -2.32. The first-order valence-corrected chi connectivity index (χ1v) is 7.03. The molecular formula is C12H20IN3. The Morgan fingerprint density at radius 2 is 2.19 bits per heavy atom. The zero-order chi connectivity index (χ0) is 11.8. The molecule has 4 heteroatoms. The Bertz CT molecular complexity index is 304. The molecule has 3 nitrogen and oxygen atoms in total. The molecule has 0 saturated carbocycles. The first kappa shape index (κ1) is 13.8. The lowest BCUT2D eigenvalue weighted by Gasteiger charge is -2.17. The third kappa shape index (κ3) is 4.74. The molecule has 1 unspecified atom stereocenters. The smallest absolute Gasteiger partial charge is 0.115 e. The highest BCUT2D eigenvalue weighted by Gasteiger charge is 2.10. The average molecular weight is 333 g/mol. The molecule has 90 valence electrons. The largest absolute Gasteiger partial charge is 0.314 e. The van der Waals surface area contributed by atoms with Crippen LogP contribution in [0.5, 0.6) is 0 Å². The van der Waals surface area contributed by atoms with E-state index < -0.39 is 0 Å². The Kier molecular flexibility index (Phi) is 6.87. The molecule has 16 heavy (non-hydrogen) atoms. The van der Waals surface area contributed by atoms with Crippen molar-refractivity contribution in [3.8, 4) is 0 Å². The molecule has 1 aromatic rings. The molecule has 0 aliphatic rings. The van der Waals surface area contributed by atoms with Crippen molar-refractivity contribution in [2.24, 2.45) is 0 Å². The van der Waals surface area contributed by atoms with Crippen LogP contribution in [0.3, 0.4) is 0 Å². The summed E-state index contributed by atoms with van der Waals surface area (Å²) in [5.74, 6) is 0. The van der Waals surface area contributed by atoms with Gasteiger partial charge >= 0.3 is 0 Å². The fraction of sp³-hybridized carbons (Fsp3) is 0.667. The van der Waals surface area contributed by atoms with Crippen LogP contribution < -0.4 is 5.32 Å². The molecule has 1 N–H and O–H groups in total. The van der Waals surface area contributed by atoms with Crippen molar-refractivity contribution >= 4 is 22.6 Å². The third-order valence-corrected chi connectivity index (χ3v) is 3.40. The predicted molar refractivity (Wildman–Crippen MR) is 75.4 cm³/mol. The van der Waals surface area contributed by atoms with E-state index in [2.05, 4.69) is 51.7 Å². The van der Waals surface area contributed by atoms with E-state index in [4.69, 9.17) is 0 Å². The van der Waals surface area contributed by atoms with Crippen molar-refractivity contribution in [1.82, 2.24) is 15.3 Å². The number of nitrogens with zero attached hydrogens (tertiary/aromatic N) is 2. The summed E-state index contributed by atoms with van der Waals surface area (Å²) in [7, 11) is 0. The molecule has 0 saturated heterocycles. The second-order valence-corrected chi connectivity index (χ2v) is 5.12. The first-order chi connectivity index (χ1) is 7.77. The van der Waals surface area contributed by atoms with Gasteiger partial charge in [-0.05, 0) is 42.0 Å². The van der Waals surface area contributed by atoms with Gasteiger partial charge < -0.3 is 5.32 Å². The number of halogens is 1. The Morgan fingerprint density at radius 1 is 1.38 bits per heavy atom. The van der Waals surface area contributed by atoms with Gasteiger partial charge in [0.15, 0.2) is 0 Å². The minimum absolute atomic E-state index is 0.549. The molecule has 0 bridgehead atoms. The van der Waals surface area contributed by atoms with Crippen molar-refractivity contribution in [2.45, 2.75) is 45.6 Å². The fourth-order valence-electron chi connectivity index (χ4n) is 1.69. The molecule has 1 aromatic heterocycles. The van der Waals surface area contributed by atoms with Gasteiger partial charge in [-0.2, -0.15) is 0 Å². The van der Waals surface area contributed by atoms with Crippen molar-refractivity contribution in [1.29, 1.82) is 0 Å². The van der Waals surface area contributed by atoms with Crippen LogP contribution in [-0.4, -0.2) is 22.6 Å². The summed E-state index contributed by atoms with van der Waals surface area (Å²) in [4.78, 5) is 8.37. The summed E-state index contributed by atoms with van der Waals surface area (Å²) in [5, 5.41) is 3.58. The maximum atomic E-state index is 4.35. The van der Waals surface area contributed by atoms with Gasteiger partial charge in [0.05, 0.1) is 9.26 Å². The van der Waals surface area contributed by atoms with Crippen LogP contribution in [0, 0.1) is 3.57 Å². The van der Waals surface area contributed by atoms with Crippen molar-refractivity contribution in [3.63, 3.8) is 0 Å². The van der Waals surface area contributed by atoms with E-state index in [1.165, 1.54) is 22.8 Å². The van der Waals surface area contributed by atoms with E-state index in [9.17, 15) is 0 Å². The molecule has 1 rings (SSSR count). The van der Waals surface area contributed by atoms with E-state index in [1.807, 2.05) is 6.20 Å². The van der Waals surface area contributed by atoms with Crippen LogP contribution in [0.1, 0.15) is 38.8 Å². The van der Waals surface area contributed by atoms with Crippen LogP contribution in [0.2, 0.25) is 0 Å².